The van der Waals surface area contributed by atoms with E-state index in [4.69, 9.17) is 13.9 Å². The lowest BCUT2D eigenvalue weighted by Crippen LogP contribution is -2.09. The summed E-state index contributed by atoms with van der Waals surface area (Å²) in [5, 5.41) is 1.06. The van der Waals surface area contributed by atoms with Gasteiger partial charge in [-0.05, 0) is 17.7 Å². The van der Waals surface area contributed by atoms with Crippen LogP contribution >= 0.6 is 23.1 Å². The number of rotatable bonds is 7. The van der Waals surface area contributed by atoms with Crippen LogP contribution in [0.15, 0.2) is 39.2 Å². The molecule has 0 radical (unpaired) electrons. The van der Waals surface area contributed by atoms with Gasteiger partial charge in [0.15, 0.2) is 11.5 Å². The zero-order valence-corrected chi connectivity index (χ0v) is 17.9. The van der Waals surface area contributed by atoms with Gasteiger partial charge in [-0.2, -0.15) is 0 Å². The van der Waals surface area contributed by atoms with Gasteiger partial charge in [-0.1, -0.05) is 26.8 Å². The number of benzene rings is 1. The molecule has 7 heteroatoms. The highest BCUT2D eigenvalue weighted by Gasteiger charge is 2.19. The Morgan fingerprint density at radius 3 is 2.52 bits per heavy atom. The van der Waals surface area contributed by atoms with Gasteiger partial charge >= 0.3 is 0 Å². The molecule has 0 bridgehead atoms. The number of hydrogen-bond donors (Lipinski definition) is 0. The highest BCUT2D eigenvalue weighted by Crippen LogP contribution is 2.32. The van der Waals surface area contributed by atoms with E-state index in [-0.39, 0.29) is 5.41 Å². The average Bonchev–Trinajstić information content (AvgIpc) is 3.29. The van der Waals surface area contributed by atoms with Crippen molar-refractivity contribution in [2.45, 2.75) is 42.6 Å². The van der Waals surface area contributed by atoms with Gasteiger partial charge in [0.2, 0.25) is 5.89 Å². The molecule has 0 spiro atoms. The number of aromatic nitrogens is 2. The molecule has 0 unspecified atom stereocenters. The summed E-state index contributed by atoms with van der Waals surface area (Å²) >= 11 is 3.39. The normalized spacial score (nSPS) is 11.6. The molecule has 27 heavy (non-hydrogen) atoms. The summed E-state index contributed by atoms with van der Waals surface area (Å²) in [4.78, 5) is 8.92. The molecule has 3 aromatic rings. The van der Waals surface area contributed by atoms with Gasteiger partial charge in [0.1, 0.15) is 5.76 Å². The Balaban J connectivity index is 1.61. The van der Waals surface area contributed by atoms with Gasteiger partial charge in [-0.25, -0.2) is 9.97 Å². The van der Waals surface area contributed by atoms with E-state index in [1.807, 2.05) is 30.6 Å². The maximum Gasteiger partial charge on any atom is 0.204 e. The first-order valence-electron chi connectivity index (χ1n) is 8.62. The Labute approximate surface area is 168 Å². The second-order valence-corrected chi connectivity index (χ2v) is 9.49. The zero-order chi connectivity index (χ0) is 19.4. The lowest BCUT2D eigenvalue weighted by molar-refractivity contribution is 0.354. The minimum absolute atomic E-state index is 0.0208. The van der Waals surface area contributed by atoms with Crippen LogP contribution in [-0.4, -0.2) is 24.2 Å². The topological polar surface area (TPSA) is 57.4 Å². The van der Waals surface area contributed by atoms with Crippen LogP contribution in [0.2, 0.25) is 0 Å². The van der Waals surface area contributed by atoms with Crippen molar-refractivity contribution in [2.24, 2.45) is 0 Å². The smallest absolute Gasteiger partial charge is 0.204 e. The molecule has 3 rings (SSSR count). The lowest BCUT2D eigenvalue weighted by atomic mass is 9.94. The van der Waals surface area contributed by atoms with Crippen molar-refractivity contribution in [3.8, 4) is 11.5 Å². The molecule has 2 heterocycles. The molecule has 0 amide bonds. The number of thioether (sulfide) groups is 1. The summed E-state index contributed by atoms with van der Waals surface area (Å²) in [6.07, 6.45) is 4.50. The quantitative estimate of drug-likeness (QED) is 0.496. The highest BCUT2D eigenvalue weighted by atomic mass is 32.2. The molecule has 1 aromatic carbocycles. The predicted molar refractivity (Wildman–Crippen MR) is 109 cm³/mol. The zero-order valence-electron chi connectivity index (χ0n) is 16.2. The fraction of sp³-hybridized carbons (Fsp3) is 0.400. The summed E-state index contributed by atoms with van der Waals surface area (Å²) in [6.45, 7) is 6.36. The van der Waals surface area contributed by atoms with E-state index in [9.17, 15) is 0 Å². The Morgan fingerprint density at radius 1 is 1.07 bits per heavy atom. The van der Waals surface area contributed by atoms with Crippen LogP contribution in [0.3, 0.4) is 0 Å². The fourth-order valence-corrected chi connectivity index (χ4v) is 4.37. The average molecular weight is 405 g/mol. The third kappa shape index (κ3) is 5.05. The monoisotopic (exact) mass is 404 g/mol. The van der Waals surface area contributed by atoms with Crippen molar-refractivity contribution >= 4 is 23.1 Å². The first-order chi connectivity index (χ1) is 12.9. The van der Waals surface area contributed by atoms with Gasteiger partial charge in [0, 0.05) is 11.8 Å². The van der Waals surface area contributed by atoms with Gasteiger partial charge in [0.05, 0.1) is 41.6 Å². The van der Waals surface area contributed by atoms with Crippen LogP contribution in [-0.2, 0) is 17.6 Å². The van der Waals surface area contributed by atoms with Crippen molar-refractivity contribution in [1.29, 1.82) is 0 Å². The molecule has 0 saturated heterocycles. The van der Waals surface area contributed by atoms with Gasteiger partial charge in [-0.15, -0.1) is 23.1 Å². The first-order valence-corrected chi connectivity index (χ1v) is 10.4. The van der Waals surface area contributed by atoms with Crippen molar-refractivity contribution in [3.63, 3.8) is 0 Å². The molecule has 0 aliphatic carbocycles. The van der Waals surface area contributed by atoms with Crippen LogP contribution < -0.4 is 9.47 Å². The molecule has 0 fully saturated rings. The van der Waals surface area contributed by atoms with E-state index in [2.05, 4.69) is 30.7 Å². The molecule has 144 valence electrons. The van der Waals surface area contributed by atoms with E-state index >= 15 is 0 Å². The van der Waals surface area contributed by atoms with E-state index < -0.39 is 0 Å². The second kappa shape index (κ2) is 8.35. The summed E-state index contributed by atoms with van der Waals surface area (Å²) < 4.78 is 17.7. The number of methoxy groups -OCH3 is 2. The van der Waals surface area contributed by atoms with E-state index in [1.165, 1.54) is 0 Å². The van der Waals surface area contributed by atoms with E-state index in [0.717, 1.165) is 44.4 Å². The molecule has 0 atom stereocenters. The van der Waals surface area contributed by atoms with Gasteiger partial charge < -0.3 is 13.9 Å². The highest BCUT2D eigenvalue weighted by molar-refractivity contribution is 8.00. The molecular formula is C20H24N2O3S2. The van der Waals surface area contributed by atoms with Gasteiger partial charge in [-0.3, -0.25) is 0 Å². The van der Waals surface area contributed by atoms with E-state index in [1.54, 1.807) is 37.3 Å². The maximum atomic E-state index is 5.85. The van der Waals surface area contributed by atoms with Crippen LogP contribution in [0, 0.1) is 0 Å². The van der Waals surface area contributed by atoms with Gasteiger partial charge in [0.25, 0.3) is 0 Å². The molecular weight excluding hydrogens is 380 g/mol. The Hall–Kier alpha value is -1.99. The van der Waals surface area contributed by atoms with Crippen molar-refractivity contribution in [2.75, 3.05) is 14.2 Å². The molecule has 2 aromatic heterocycles. The SMILES string of the molecule is COc1ccc(Cc2ncc(SCc3ncc(C(C)(C)C)o3)s2)cc1OC. The Morgan fingerprint density at radius 2 is 1.85 bits per heavy atom. The number of ether oxygens (including phenoxy) is 2. The van der Waals surface area contributed by atoms with Crippen LogP contribution in [0.5, 0.6) is 11.5 Å². The van der Waals surface area contributed by atoms with Crippen molar-refractivity contribution < 1.29 is 13.9 Å². The second-order valence-electron chi connectivity index (χ2n) is 7.10. The summed E-state index contributed by atoms with van der Waals surface area (Å²) in [5.41, 5.74) is 1.12. The number of hydrogen-bond acceptors (Lipinski definition) is 7. The fourth-order valence-electron chi connectivity index (χ4n) is 2.46. The molecule has 0 aliphatic heterocycles. The molecule has 0 saturated carbocycles. The first kappa shape index (κ1) is 19.8. The number of oxazole rings is 1. The molecule has 0 aliphatic rings. The summed E-state index contributed by atoms with van der Waals surface area (Å²) in [5.74, 6) is 3.84. The maximum absolute atomic E-state index is 5.85. The number of thiazole rings is 1. The standard InChI is InChI=1S/C20H24N2O3S2/c1-20(2,3)16-10-21-17(25-16)12-26-19-11-22-18(27-19)9-13-6-7-14(23-4)15(8-13)24-5/h6-8,10-11H,9,12H2,1-5H3. The van der Waals surface area contributed by atoms with Crippen LogP contribution in [0.4, 0.5) is 0 Å². The van der Waals surface area contributed by atoms with E-state index in [0.29, 0.717) is 5.75 Å². The lowest BCUT2D eigenvalue weighted by Gasteiger charge is -2.12. The molecule has 5 nitrogen and oxygen atoms in total. The van der Waals surface area contributed by atoms with Crippen LogP contribution in [0.1, 0.15) is 43.0 Å². The number of nitrogens with zero attached hydrogens (tertiary/aromatic N) is 2. The minimum atomic E-state index is -0.0208. The van der Waals surface area contributed by atoms with Crippen molar-refractivity contribution in [1.82, 2.24) is 9.97 Å². The predicted octanol–water partition coefficient (Wildman–Crippen LogP) is 5.33. The minimum Gasteiger partial charge on any atom is -0.493 e. The third-order valence-electron chi connectivity index (χ3n) is 3.97. The Bertz CT molecular complexity index is 897. The van der Waals surface area contributed by atoms with Crippen LogP contribution in [0.25, 0.3) is 0 Å². The third-order valence-corrected chi connectivity index (χ3v) is 6.14. The summed E-state index contributed by atoms with van der Waals surface area (Å²) in [6, 6.07) is 5.96. The largest absolute Gasteiger partial charge is 0.493 e. The Kier molecular flexibility index (Phi) is 6.11. The summed E-state index contributed by atoms with van der Waals surface area (Å²) in [7, 11) is 3.29. The molecule has 0 N–H and O–H groups in total. The van der Waals surface area contributed by atoms with Crippen molar-refractivity contribution in [3.05, 3.63) is 52.8 Å².